The summed E-state index contributed by atoms with van der Waals surface area (Å²) in [5.41, 5.74) is 4.26. The molecule has 1 aliphatic rings. The average molecular weight is 557 g/mol. The highest BCUT2D eigenvalue weighted by Crippen LogP contribution is 2.42. The van der Waals surface area contributed by atoms with Crippen LogP contribution in [0.3, 0.4) is 0 Å². The highest BCUT2D eigenvalue weighted by Gasteiger charge is 2.42. The zero-order valence-electron chi connectivity index (χ0n) is 22.2. The molecule has 1 fully saturated rings. The lowest BCUT2D eigenvalue weighted by molar-refractivity contribution is -0.384. The number of carbonyl (C=O) groups is 1. The van der Waals surface area contributed by atoms with E-state index < -0.39 is 11.0 Å². The van der Waals surface area contributed by atoms with Crippen LogP contribution in [0.5, 0.6) is 5.75 Å². The Balaban J connectivity index is 1.58. The minimum absolute atomic E-state index is 0.00107. The van der Waals surface area contributed by atoms with Gasteiger partial charge in [0.2, 0.25) is 5.91 Å². The van der Waals surface area contributed by atoms with Gasteiger partial charge in [0.05, 0.1) is 35.9 Å². The molecule has 40 heavy (non-hydrogen) atoms. The molecule has 0 bridgehead atoms. The highest BCUT2D eigenvalue weighted by molar-refractivity contribution is 7.80. The molecule has 204 valence electrons. The molecule has 0 saturated carbocycles. The molecule has 3 heterocycles. The van der Waals surface area contributed by atoms with Gasteiger partial charge in [-0.15, -0.1) is 0 Å². The third kappa shape index (κ3) is 5.10. The van der Waals surface area contributed by atoms with E-state index in [2.05, 4.69) is 15.6 Å². The molecule has 11 heteroatoms. The molecule has 0 unspecified atom stereocenters. The first-order valence-electron chi connectivity index (χ1n) is 12.6. The molecule has 0 radical (unpaired) electrons. The SMILES string of the molecule is COc1ccc(-n2c(C)cc([C@@H]3[C@H](c4ccccn4)NC(=S)N3CC(=O)Nc3ccccc3)c2C)c([N+](=O)[O-])c1. The molecule has 1 saturated heterocycles. The lowest BCUT2D eigenvalue weighted by atomic mass is 9.96. The molecule has 4 aromatic rings. The van der Waals surface area contributed by atoms with E-state index in [9.17, 15) is 14.9 Å². The van der Waals surface area contributed by atoms with Gasteiger partial charge in [0, 0.05) is 23.3 Å². The minimum atomic E-state index is -0.417. The topological polar surface area (TPSA) is 115 Å². The molecule has 10 nitrogen and oxygen atoms in total. The van der Waals surface area contributed by atoms with Crippen LogP contribution in [0.1, 0.15) is 34.7 Å². The molecule has 1 aliphatic heterocycles. The largest absolute Gasteiger partial charge is 0.496 e. The summed E-state index contributed by atoms with van der Waals surface area (Å²) in [5, 5.41) is 18.7. The first kappa shape index (κ1) is 26.8. The van der Waals surface area contributed by atoms with Crippen molar-refractivity contribution in [1.29, 1.82) is 0 Å². The number of ether oxygens (including phenoxy) is 1. The van der Waals surface area contributed by atoms with E-state index in [1.54, 1.807) is 18.3 Å². The number of amides is 1. The average Bonchev–Trinajstić information content (AvgIpc) is 3.43. The van der Waals surface area contributed by atoms with Gasteiger partial charge >= 0.3 is 0 Å². The lowest BCUT2D eigenvalue weighted by Crippen LogP contribution is -2.37. The van der Waals surface area contributed by atoms with E-state index in [1.807, 2.05) is 77.9 Å². The maximum atomic E-state index is 13.1. The van der Waals surface area contributed by atoms with E-state index in [-0.39, 0.29) is 24.2 Å². The van der Waals surface area contributed by atoms with Crippen LogP contribution >= 0.6 is 12.2 Å². The predicted octanol–water partition coefficient (Wildman–Crippen LogP) is 5.02. The highest BCUT2D eigenvalue weighted by atomic mass is 32.1. The monoisotopic (exact) mass is 556 g/mol. The van der Waals surface area contributed by atoms with Gasteiger partial charge in [0.25, 0.3) is 5.69 Å². The molecule has 2 aromatic carbocycles. The summed E-state index contributed by atoms with van der Waals surface area (Å²) in [6.07, 6.45) is 1.71. The maximum Gasteiger partial charge on any atom is 0.296 e. The van der Waals surface area contributed by atoms with Crippen molar-refractivity contribution in [1.82, 2.24) is 19.8 Å². The summed E-state index contributed by atoms with van der Waals surface area (Å²) in [6, 6.07) is 20.9. The number of nitrogens with zero attached hydrogens (tertiary/aromatic N) is 4. The van der Waals surface area contributed by atoms with Gasteiger partial charge in [-0.3, -0.25) is 19.9 Å². The van der Waals surface area contributed by atoms with Gasteiger partial charge in [-0.25, -0.2) is 0 Å². The fourth-order valence-corrected chi connectivity index (χ4v) is 5.52. The molecule has 0 spiro atoms. The summed E-state index contributed by atoms with van der Waals surface area (Å²) in [6.45, 7) is 3.81. The van der Waals surface area contributed by atoms with Crippen LogP contribution in [0, 0.1) is 24.0 Å². The zero-order valence-corrected chi connectivity index (χ0v) is 23.0. The molecule has 2 N–H and O–H groups in total. The summed E-state index contributed by atoms with van der Waals surface area (Å²) in [5.74, 6) is 0.177. The molecule has 5 rings (SSSR count). The number of nitro groups is 1. The second-order valence-corrected chi connectivity index (χ2v) is 9.83. The molecular weight excluding hydrogens is 528 g/mol. The Labute approximate surface area is 236 Å². The quantitative estimate of drug-likeness (QED) is 0.177. The second kappa shape index (κ2) is 11.1. The Bertz CT molecular complexity index is 1570. The number of hydrogen-bond donors (Lipinski definition) is 2. The number of aryl methyl sites for hydroxylation is 1. The summed E-state index contributed by atoms with van der Waals surface area (Å²) in [4.78, 5) is 31.1. The normalized spacial score (nSPS) is 16.5. The Hall–Kier alpha value is -4.77. The first-order valence-corrected chi connectivity index (χ1v) is 13.0. The number of rotatable bonds is 8. The van der Waals surface area contributed by atoms with Gasteiger partial charge < -0.3 is 24.8 Å². The fourth-order valence-electron chi connectivity index (χ4n) is 5.21. The van der Waals surface area contributed by atoms with Crippen LogP contribution in [0.2, 0.25) is 0 Å². The molecule has 2 aromatic heterocycles. The zero-order chi connectivity index (χ0) is 28.4. The van der Waals surface area contributed by atoms with Crippen molar-refractivity contribution in [3.05, 3.63) is 112 Å². The van der Waals surface area contributed by atoms with E-state index >= 15 is 0 Å². The van der Waals surface area contributed by atoms with Gasteiger partial charge in [-0.2, -0.15) is 0 Å². The number of nitro benzene ring substituents is 1. The van der Waals surface area contributed by atoms with E-state index in [0.717, 1.165) is 22.6 Å². The van der Waals surface area contributed by atoms with Gasteiger partial charge in [0.1, 0.15) is 18.0 Å². The summed E-state index contributed by atoms with van der Waals surface area (Å²) < 4.78 is 7.08. The Kier molecular flexibility index (Phi) is 7.47. The van der Waals surface area contributed by atoms with Crippen molar-refractivity contribution in [2.75, 3.05) is 19.0 Å². The number of hydrogen-bond acceptors (Lipinski definition) is 6. The van der Waals surface area contributed by atoms with Crippen LogP contribution in [0.4, 0.5) is 11.4 Å². The molecule has 1 amide bonds. The van der Waals surface area contributed by atoms with E-state index in [0.29, 0.717) is 22.2 Å². The Morgan fingerprint density at radius 3 is 2.55 bits per heavy atom. The standard InChI is InChI=1S/C29H28N6O4S/c1-18-15-22(19(2)34(18)24-13-12-21(39-3)16-25(24)35(37)38)28-27(23-11-7-8-14-30-23)32-29(40)33(28)17-26(36)31-20-9-5-4-6-10-20/h4-16,27-28H,17H2,1-3H3,(H,31,36)(H,32,40)/t27-,28+/m0/s1. The number of thiocarbonyl (C=S) groups is 1. The number of anilines is 1. The number of benzene rings is 2. The summed E-state index contributed by atoms with van der Waals surface area (Å²) >= 11 is 5.73. The van der Waals surface area contributed by atoms with Crippen molar-refractivity contribution in [3.63, 3.8) is 0 Å². The van der Waals surface area contributed by atoms with Gasteiger partial charge in [-0.1, -0.05) is 24.3 Å². The fraction of sp³-hybridized carbons (Fsp3) is 0.207. The second-order valence-electron chi connectivity index (χ2n) is 9.44. The number of para-hydroxylation sites is 1. The third-order valence-electron chi connectivity index (χ3n) is 6.98. The van der Waals surface area contributed by atoms with Crippen LogP contribution in [0.15, 0.2) is 79.0 Å². The van der Waals surface area contributed by atoms with Crippen molar-refractivity contribution < 1.29 is 14.5 Å². The first-order chi connectivity index (χ1) is 19.3. The van der Waals surface area contributed by atoms with Crippen molar-refractivity contribution in [3.8, 4) is 11.4 Å². The van der Waals surface area contributed by atoms with Crippen LogP contribution < -0.4 is 15.4 Å². The van der Waals surface area contributed by atoms with Crippen molar-refractivity contribution in [2.45, 2.75) is 25.9 Å². The Morgan fingerprint density at radius 1 is 1.12 bits per heavy atom. The minimum Gasteiger partial charge on any atom is -0.496 e. The van der Waals surface area contributed by atoms with Crippen LogP contribution in [-0.2, 0) is 4.79 Å². The van der Waals surface area contributed by atoms with Crippen molar-refractivity contribution in [2.24, 2.45) is 0 Å². The third-order valence-corrected chi connectivity index (χ3v) is 7.33. The molecule has 2 atom stereocenters. The number of aromatic nitrogens is 2. The maximum absolute atomic E-state index is 13.1. The predicted molar refractivity (Wildman–Crippen MR) is 156 cm³/mol. The van der Waals surface area contributed by atoms with Crippen LogP contribution in [-0.4, -0.2) is 44.0 Å². The molecule has 0 aliphatic carbocycles. The van der Waals surface area contributed by atoms with E-state index in [1.165, 1.54) is 13.2 Å². The van der Waals surface area contributed by atoms with Gasteiger partial charge in [0.15, 0.2) is 5.11 Å². The Morgan fingerprint density at radius 2 is 1.88 bits per heavy atom. The van der Waals surface area contributed by atoms with Crippen LogP contribution in [0.25, 0.3) is 5.69 Å². The number of methoxy groups -OCH3 is 1. The van der Waals surface area contributed by atoms with E-state index in [4.69, 9.17) is 17.0 Å². The number of pyridine rings is 1. The summed E-state index contributed by atoms with van der Waals surface area (Å²) in [7, 11) is 1.47. The smallest absolute Gasteiger partial charge is 0.296 e. The molecular formula is C29H28N6O4S. The van der Waals surface area contributed by atoms with Gasteiger partial charge in [-0.05, 0) is 74.1 Å². The number of nitrogens with one attached hydrogen (secondary N) is 2. The van der Waals surface area contributed by atoms with Crippen molar-refractivity contribution >= 4 is 34.6 Å². The number of carbonyl (C=O) groups excluding carboxylic acids is 1. The lowest BCUT2D eigenvalue weighted by Gasteiger charge is -2.27.